The minimum Gasteiger partial charge on any atom is -0.495 e. The minimum atomic E-state index is -0.116. The van der Waals surface area contributed by atoms with Gasteiger partial charge in [0.1, 0.15) is 11.4 Å². The summed E-state index contributed by atoms with van der Waals surface area (Å²) in [6.45, 7) is 3.10. The zero-order valence-electron chi connectivity index (χ0n) is 16.2. The number of carbonyl (C=O) groups is 2. The molecule has 1 aromatic heterocycles. The van der Waals surface area contributed by atoms with Gasteiger partial charge in [0.05, 0.1) is 12.8 Å². The number of hydrogen-bond donors (Lipinski definition) is 2. The third-order valence-electron chi connectivity index (χ3n) is 4.47. The highest BCUT2D eigenvalue weighted by molar-refractivity contribution is 7.14. The lowest BCUT2D eigenvalue weighted by Gasteiger charge is -2.21. The molecule has 1 fully saturated rings. The monoisotopic (exact) mass is 402 g/mol. The predicted octanol–water partition coefficient (Wildman–Crippen LogP) is 3.42. The molecular weight excluding hydrogens is 376 g/mol. The molecule has 0 radical (unpaired) electrons. The summed E-state index contributed by atoms with van der Waals surface area (Å²) < 4.78 is 5.33. The van der Waals surface area contributed by atoms with E-state index in [-0.39, 0.29) is 17.9 Å². The van der Waals surface area contributed by atoms with Gasteiger partial charge in [-0.1, -0.05) is 19.1 Å². The first-order valence-electron chi connectivity index (χ1n) is 9.55. The van der Waals surface area contributed by atoms with Crippen molar-refractivity contribution in [2.45, 2.75) is 38.6 Å². The molecule has 1 aliphatic carbocycles. The number of amides is 2. The molecule has 1 aromatic carbocycles. The van der Waals surface area contributed by atoms with Crippen LogP contribution in [-0.4, -0.2) is 47.9 Å². The number of aromatic nitrogens is 1. The van der Waals surface area contributed by atoms with Crippen LogP contribution in [0.25, 0.3) is 0 Å². The SMILES string of the molecule is CCCNC(=O)CCN(C(=O)c1csc(Nc2ccccc2OC)n1)C1CC1. The molecule has 0 spiro atoms. The van der Waals surface area contributed by atoms with Gasteiger partial charge in [-0.25, -0.2) is 4.98 Å². The second kappa shape index (κ2) is 9.54. The number of ether oxygens (including phenoxy) is 1. The number of hydrogen-bond acceptors (Lipinski definition) is 6. The van der Waals surface area contributed by atoms with Crippen molar-refractivity contribution in [2.75, 3.05) is 25.5 Å². The summed E-state index contributed by atoms with van der Waals surface area (Å²) in [5, 5.41) is 8.44. The standard InChI is InChI=1S/C20H26N4O3S/c1-3-11-21-18(25)10-12-24(14-8-9-14)19(26)16-13-28-20(23-16)22-15-6-4-5-7-17(15)27-2/h4-7,13-14H,3,8-12H2,1-2H3,(H,21,25)(H,22,23). The van der Waals surface area contributed by atoms with Crippen molar-refractivity contribution in [1.29, 1.82) is 0 Å². The van der Waals surface area contributed by atoms with Crippen molar-refractivity contribution in [1.82, 2.24) is 15.2 Å². The van der Waals surface area contributed by atoms with E-state index in [1.807, 2.05) is 31.2 Å². The van der Waals surface area contributed by atoms with E-state index in [1.54, 1.807) is 17.4 Å². The third-order valence-corrected chi connectivity index (χ3v) is 5.23. The molecule has 1 heterocycles. The Balaban J connectivity index is 1.63. The molecule has 150 valence electrons. The van der Waals surface area contributed by atoms with Gasteiger partial charge in [-0.3, -0.25) is 9.59 Å². The molecule has 1 aliphatic rings. The lowest BCUT2D eigenvalue weighted by atomic mass is 10.3. The predicted molar refractivity (Wildman–Crippen MR) is 110 cm³/mol. The summed E-state index contributed by atoms with van der Waals surface area (Å²) in [6, 6.07) is 7.78. The zero-order chi connectivity index (χ0) is 19.9. The van der Waals surface area contributed by atoms with Crippen molar-refractivity contribution in [2.24, 2.45) is 0 Å². The Bertz CT molecular complexity index is 819. The van der Waals surface area contributed by atoms with Gasteiger partial charge >= 0.3 is 0 Å². The molecule has 0 saturated heterocycles. The first kappa shape index (κ1) is 20.1. The van der Waals surface area contributed by atoms with Gasteiger partial charge in [0, 0.05) is 30.9 Å². The van der Waals surface area contributed by atoms with Crippen LogP contribution in [-0.2, 0) is 4.79 Å². The van der Waals surface area contributed by atoms with E-state index in [9.17, 15) is 9.59 Å². The number of anilines is 2. The van der Waals surface area contributed by atoms with Gasteiger partial charge in [0.2, 0.25) is 5.91 Å². The van der Waals surface area contributed by atoms with Crippen LogP contribution in [0.5, 0.6) is 5.75 Å². The fraction of sp³-hybridized carbons (Fsp3) is 0.450. The lowest BCUT2D eigenvalue weighted by Crippen LogP contribution is -2.37. The molecule has 0 bridgehead atoms. The van der Waals surface area contributed by atoms with Gasteiger partial charge in [0.25, 0.3) is 5.91 Å². The van der Waals surface area contributed by atoms with Crippen LogP contribution in [0.15, 0.2) is 29.6 Å². The maximum atomic E-state index is 12.9. The minimum absolute atomic E-state index is 0.0166. The van der Waals surface area contributed by atoms with E-state index in [1.165, 1.54) is 11.3 Å². The Morgan fingerprint density at radius 3 is 2.82 bits per heavy atom. The van der Waals surface area contributed by atoms with E-state index in [0.717, 1.165) is 24.9 Å². The second-order valence-electron chi connectivity index (χ2n) is 6.69. The average Bonchev–Trinajstić information content (AvgIpc) is 3.44. The van der Waals surface area contributed by atoms with Gasteiger partial charge in [0.15, 0.2) is 5.13 Å². The summed E-state index contributed by atoms with van der Waals surface area (Å²) in [4.78, 5) is 31.1. The molecule has 0 aliphatic heterocycles. The molecule has 0 atom stereocenters. The number of thiazole rings is 1. The van der Waals surface area contributed by atoms with E-state index < -0.39 is 0 Å². The van der Waals surface area contributed by atoms with Gasteiger partial charge in [-0.15, -0.1) is 11.3 Å². The lowest BCUT2D eigenvalue weighted by molar-refractivity contribution is -0.121. The Labute approximate surface area is 169 Å². The number of para-hydroxylation sites is 2. The number of carbonyl (C=O) groups excluding carboxylic acids is 2. The summed E-state index contributed by atoms with van der Waals surface area (Å²) in [6.07, 6.45) is 3.19. The Kier molecular flexibility index (Phi) is 6.86. The second-order valence-corrected chi connectivity index (χ2v) is 7.55. The first-order valence-corrected chi connectivity index (χ1v) is 10.4. The number of nitrogens with one attached hydrogen (secondary N) is 2. The van der Waals surface area contributed by atoms with E-state index in [0.29, 0.717) is 36.1 Å². The largest absolute Gasteiger partial charge is 0.495 e. The zero-order valence-corrected chi connectivity index (χ0v) is 17.1. The molecular formula is C20H26N4O3S. The van der Waals surface area contributed by atoms with Gasteiger partial charge in [-0.2, -0.15) is 0 Å². The van der Waals surface area contributed by atoms with E-state index in [4.69, 9.17) is 4.74 Å². The Morgan fingerprint density at radius 2 is 2.11 bits per heavy atom. The summed E-state index contributed by atoms with van der Waals surface area (Å²) in [5.74, 6) is 0.579. The topological polar surface area (TPSA) is 83.6 Å². The fourth-order valence-electron chi connectivity index (χ4n) is 2.85. The molecule has 2 N–H and O–H groups in total. The molecule has 2 amide bonds. The molecule has 0 unspecified atom stereocenters. The molecule has 7 nitrogen and oxygen atoms in total. The van der Waals surface area contributed by atoms with Crippen LogP contribution in [0.1, 0.15) is 43.1 Å². The van der Waals surface area contributed by atoms with Gasteiger partial charge in [-0.05, 0) is 31.4 Å². The molecule has 28 heavy (non-hydrogen) atoms. The fourth-order valence-corrected chi connectivity index (χ4v) is 3.55. The first-order chi connectivity index (χ1) is 13.6. The number of benzene rings is 1. The van der Waals surface area contributed by atoms with Crippen LogP contribution < -0.4 is 15.4 Å². The van der Waals surface area contributed by atoms with Crippen molar-refractivity contribution in [3.05, 3.63) is 35.3 Å². The number of rotatable bonds is 10. The van der Waals surface area contributed by atoms with E-state index >= 15 is 0 Å². The van der Waals surface area contributed by atoms with Crippen molar-refractivity contribution < 1.29 is 14.3 Å². The smallest absolute Gasteiger partial charge is 0.273 e. The molecule has 1 saturated carbocycles. The highest BCUT2D eigenvalue weighted by atomic mass is 32.1. The van der Waals surface area contributed by atoms with Crippen LogP contribution >= 0.6 is 11.3 Å². The van der Waals surface area contributed by atoms with Crippen molar-refractivity contribution >= 4 is 34.0 Å². The highest BCUT2D eigenvalue weighted by Crippen LogP contribution is 2.31. The number of methoxy groups -OCH3 is 1. The Hall–Kier alpha value is -2.61. The maximum absolute atomic E-state index is 12.9. The maximum Gasteiger partial charge on any atom is 0.273 e. The number of nitrogens with zero attached hydrogens (tertiary/aromatic N) is 2. The van der Waals surface area contributed by atoms with E-state index in [2.05, 4.69) is 15.6 Å². The molecule has 8 heteroatoms. The van der Waals surface area contributed by atoms with Crippen LogP contribution in [0, 0.1) is 0 Å². The quantitative estimate of drug-likeness (QED) is 0.636. The van der Waals surface area contributed by atoms with Crippen molar-refractivity contribution in [3.8, 4) is 5.75 Å². The van der Waals surface area contributed by atoms with Gasteiger partial charge < -0.3 is 20.3 Å². The summed E-state index contributed by atoms with van der Waals surface area (Å²) in [7, 11) is 1.61. The Morgan fingerprint density at radius 1 is 1.32 bits per heavy atom. The van der Waals surface area contributed by atoms with Crippen molar-refractivity contribution in [3.63, 3.8) is 0 Å². The normalized spacial score (nSPS) is 13.1. The van der Waals surface area contributed by atoms with Crippen LogP contribution in [0.3, 0.4) is 0 Å². The molecule has 2 aromatic rings. The summed E-state index contributed by atoms with van der Waals surface area (Å²) >= 11 is 1.37. The summed E-state index contributed by atoms with van der Waals surface area (Å²) in [5.41, 5.74) is 1.20. The highest BCUT2D eigenvalue weighted by Gasteiger charge is 2.34. The van der Waals surface area contributed by atoms with Crippen LogP contribution in [0.4, 0.5) is 10.8 Å². The third kappa shape index (κ3) is 5.22. The van der Waals surface area contributed by atoms with Crippen LogP contribution in [0.2, 0.25) is 0 Å². The average molecular weight is 403 g/mol. The molecule has 3 rings (SSSR count).